The minimum atomic E-state index is -0.202. The number of ether oxygens (including phenoxy) is 1. The van der Waals surface area contributed by atoms with Gasteiger partial charge in [-0.2, -0.15) is 5.10 Å². The Balaban J connectivity index is 2.61. The average molecular weight is 274 g/mol. The second-order valence-electron chi connectivity index (χ2n) is 4.25. The smallest absolute Gasteiger partial charge is 0.306 e. The molecule has 6 heteroatoms. The summed E-state index contributed by atoms with van der Waals surface area (Å²) in [5, 5.41) is 5.09. The van der Waals surface area contributed by atoms with Crippen molar-refractivity contribution < 1.29 is 9.53 Å². The second kappa shape index (κ2) is 6.75. The quantitative estimate of drug-likeness (QED) is 0.739. The number of aryl methyl sites for hydroxylation is 2. The molecule has 0 aliphatic rings. The molecule has 1 aromatic heterocycles. The first-order chi connectivity index (χ1) is 8.49. The lowest BCUT2D eigenvalue weighted by Gasteiger charge is -2.16. The fourth-order valence-corrected chi connectivity index (χ4v) is 2.06. The van der Waals surface area contributed by atoms with Gasteiger partial charge in [0.15, 0.2) is 0 Å². The fourth-order valence-electron chi connectivity index (χ4n) is 1.71. The van der Waals surface area contributed by atoms with Crippen LogP contribution in [0.4, 0.5) is 0 Å². The van der Waals surface area contributed by atoms with Crippen molar-refractivity contribution in [3.05, 3.63) is 16.4 Å². The molecule has 0 unspecified atom stereocenters. The van der Waals surface area contributed by atoms with E-state index in [4.69, 9.17) is 11.6 Å². The molecule has 1 aromatic rings. The van der Waals surface area contributed by atoms with Crippen LogP contribution in [0.15, 0.2) is 0 Å². The summed E-state index contributed by atoms with van der Waals surface area (Å²) in [5.41, 5.74) is 1.89. The maximum Gasteiger partial charge on any atom is 0.306 e. The van der Waals surface area contributed by atoms with E-state index in [1.54, 1.807) is 4.68 Å². The molecule has 0 aliphatic carbocycles. The van der Waals surface area contributed by atoms with Crippen LogP contribution in [-0.4, -0.2) is 41.4 Å². The minimum Gasteiger partial charge on any atom is -0.469 e. The number of carbonyl (C=O) groups is 1. The van der Waals surface area contributed by atoms with Crippen molar-refractivity contribution in [2.45, 2.75) is 26.3 Å². The number of aromatic nitrogens is 2. The van der Waals surface area contributed by atoms with Crippen LogP contribution in [0.3, 0.4) is 0 Å². The molecule has 1 rings (SSSR count). The third-order valence-corrected chi connectivity index (χ3v) is 3.28. The van der Waals surface area contributed by atoms with Crippen molar-refractivity contribution in [3.63, 3.8) is 0 Å². The van der Waals surface area contributed by atoms with Gasteiger partial charge in [-0.25, -0.2) is 0 Å². The lowest BCUT2D eigenvalue weighted by molar-refractivity contribution is -0.140. The fraction of sp³-hybridized carbons (Fsp3) is 0.667. The summed E-state index contributed by atoms with van der Waals surface area (Å²) in [5.74, 6) is -0.202. The van der Waals surface area contributed by atoms with Crippen molar-refractivity contribution in [3.8, 4) is 0 Å². The van der Waals surface area contributed by atoms with Crippen molar-refractivity contribution in [2.24, 2.45) is 7.05 Å². The van der Waals surface area contributed by atoms with Crippen LogP contribution in [0.2, 0.25) is 5.02 Å². The van der Waals surface area contributed by atoms with Gasteiger partial charge in [-0.15, -0.1) is 0 Å². The summed E-state index contributed by atoms with van der Waals surface area (Å²) in [6.45, 7) is 3.33. The van der Waals surface area contributed by atoms with Crippen molar-refractivity contribution in [1.82, 2.24) is 14.7 Å². The summed E-state index contributed by atoms with van der Waals surface area (Å²) >= 11 is 6.26. The Labute approximate surface area is 113 Å². The van der Waals surface area contributed by atoms with E-state index in [9.17, 15) is 4.79 Å². The maximum absolute atomic E-state index is 11.1. The van der Waals surface area contributed by atoms with Gasteiger partial charge in [0.05, 0.1) is 29.9 Å². The predicted octanol–water partition coefficient (Wildman–Crippen LogP) is 1.63. The van der Waals surface area contributed by atoms with Crippen LogP contribution < -0.4 is 0 Å². The number of hydrogen-bond acceptors (Lipinski definition) is 4. The second-order valence-corrected chi connectivity index (χ2v) is 4.63. The topological polar surface area (TPSA) is 47.4 Å². The molecule has 5 nitrogen and oxygen atoms in total. The first-order valence-corrected chi connectivity index (χ1v) is 6.33. The van der Waals surface area contributed by atoms with Crippen LogP contribution >= 0.6 is 11.6 Å². The minimum absolute atomic E-state index is 0.202. The predicted molar refractivity (Wildman–Crippen MR) is 70.6 cm³/mol. The van der Waals surface area contributed by atoms with Crippen LogP contribution in [0, 0.1) is 0 Å². The van der Waals surface area contributed by atoms with Crippen LogP contribution in [0.5, 0.6) is 0 Å². The zero-order chi connectivity index (χ0) is 13.7. The van der Waals surface area contributed by atoms with Gasteiger partial charge in [0.1, 0.15) is 0 Å². The van der Waals surface area contributed by atoms with Gasteiger partial charge in [-0.1, -0.05) is 18.5 Å². The van der Waals surface area contributed by atoms with Crippen LogP contribution in [-0.2, 0) is 29.5 Å². The SMILES string of the molecule is CCc1nn(C)c(CN(C)CCC(=O)OC)c1Cl. The monoisotopic (exact) mass is 273 g/mol. The molecule has 0 radical (unpaired) electrons. The zero-order valence-corrected chi connectivity index (χ0v) is 12.1. The van der Waals surface area contributed by atoms with Crippen LogP contribution in [0.25, 0.3) is 0 Å². The van der Waals surface area contributed by atoms with E-state index in [0.29, 0.717) is 19.5 Å². The van der Waals surface area contributed by atoms with E-state index in [0.717, 1.165) is 22.8 Å². The summed E-state index contributed by atoms with van der Waals surface area (Å²) in [6.07, 6.45) is 1.20. The molecule has 0 aliphatic heterocycles. The van der Waals surface area contributed by atoms with Gasteiger partial charge in [-0.3, -0.25) is 14.4 Å². The highest BCUT2D eigenvalue weighted by molar-refractivity contribution is 6.31. The molecular weight excluding hydrogens is 254 g/mol. The summed E-state index contributed by atoms with van der Waals surface area (Å²) in [6, 6.07) is 0. The van der Waals surface area contributed by atoms with E-state index in [1.165, 1.54) is 7.11 Å². The average Bonchev–Trinajstić information content (AvgIpc) is 2.63. The Morgan fingerprint density at radius 2 is 2.22 bits per heavy atom. The van der Waals surface area contributed by atoms with E-state index in [-0.39, 0.29) is 5.97 Å². The number of hydrogen-bond donors (Lipinski definition) is 0. The molecule has 0 spiro atoms. The summed E-state index contributed by atoms with van der Waals surface area (Å²) in [4.78, 5) is 13.1. The molecule has 0 amide bonds. The molecule has 0 saturated carbocycles. The Kier molecular flexibility index (Phi) is 5.62. The Morgan fingerprint density at radius 1 is 1.56 bits per heavy atom. The molecule has 0 aromatic carbocycles. The molecule has 18 heavy (non-hydrogen) atoms. The zero-order valence-electron chi connectivity index (χ0n) is 11.4. The third-order valence-electron chi connectivity index (χ3n) is 2.85. The molecule has 0 fully saturated rings. The van der Waals surface area contributed by atoms with Crippen LogP contribution in [0.1, 0.15) is 24.7 Å². The van der Waals surface area contributed by atoms with Gasteiger partial charge in [-0.05, 0) is 13.5 Å². The van der Waals surface area contributed by atoms with Gasteiger partial charge in [0, 0.05) is 20.1 Å². The highest BCUT2D eigenvalue weighted by atomic mass is 35.5. The Bertz CT molecular complexity index is 418. The Hall–Kier alpha value is -1.07. The normalized spacial score (nSPS) is 11.0. The Morgan fingerprint density at radius 3 is 2.72 bits per heavy atom. The summed E-state index contributed by atoms with van der Waals surface area (Å²) < 4.78 is 6.41. The molecule has 1 heterocycles. The molecule has 0 saturated heterocycles. The van der Waals surface area contributed by atoms with Gasteiger partial charge >= 0.3 is 5.97 Å². The van der Waals surface area contributed by atoms with E-state index in [1.807, 2.05) is 25.9 Å². The molecule has 0 atom stereocenters. The third kappa shape index (κ3) is 3.71. The number of rotatable bonds is 6. The number of esters is 1. The number of carbonyl (C=O) groups excluding carboxylic acids is 1. The van der Waals surface area contributed by atoms with E-state index in [2.05, 4.69) is 9.84 Å². The summed E-state index contributed by atoms with van der Waals surface area (Å²) in [7, 11) is 5.22. The molecule has 102 valence electrons. The maximum atomic E-state index is 11.1. The van der Waals surface area contributed by atoms with Gasteiger partial charge < -0.3 is 4.74 Å². The number of halogens is 1. The number of methoxy groups -OCH3 is 1. The lowest BCUT2D eigenvalue weighted by Crippen LogP contribution is -2.23. The van der Waals surface area contributed by atoms with Gasteiger partial charge in [0.2, 0.25) is 0 Å². The van der Waals surface area contributed by atoms with Gasteiger partial charge in [0.25, 0.3) is 0 Å². The highest BCUT2D eigenvalue weighted by Gasteiger charge is 2.15. The van der Waals surface area contributed by atoms with Crippen molar-refractivity contribution >= 4 is 17.6 Å². The molecular formula is C12H20ClN3O2. The lowest BCUT2D eigenvalue weighted by atomic mass is 10.3. The van der Waals surface area contributed by atoms with Crippen molar-refractivity contribution in [2.75, 3.05) is 20.7 Å². The first kappa shape index (κ1) is 15.0. The standard InChI is InChI=1S/C12H20ClN3O2/c1-5-9-12(13)10(16(3)14-9)8-15(2)7-6-11(17)18-4/h5-8H2,1-4H3. The molecule has 0 bridgehead atoms. The van der Waals surface area contributed by atoms with E-state index < -0.39 is 0 Å². The highest BCUT2D eigenvalue weighted by Crippen LogP contribution is 2.21. The van der Waals surface area contributed by atoms with E-state index >= 15 is 0 Å². The van der Waals surface area contributed by atoms with Crippen molar-refractivity contribution in [1.29, 1.82) is 0 Å². The number of nitrogens with zero attached hydrogens (tertiary/aromatic N) is 3. The largest absolute Gasteiger partial charge is 0.469 e. The molecule has 0 N–H and O–H groups in total. The first-order valence-electron chi connectivity index (χ1n) is 5.95.